The standard InChI is InChI=1S/C18H28F2N2/c1-13-4-3-9-22(13)14(2)16-7-5-15(6-8-16)12-21-17-10-18(19,20)11-17/h3-4,9,14-17,21H,5-8,10-12H2,1-2H3/t14-,15?,16?/m1/s1. The van der Waals surface area contributed by atoms with Gasteiger partial charge >= 0.3 is 0 Å². The average Bonchev–Trinajstić information content (AvgIpc) is 2.89. The molecular formula is C18H28F2N2. The number of hydrogen-bond acceptors (Lipinski definition) is 1. The van der Waals surface area contributed by atoms with Crippen LogP contribution in [0.5, 0.6) is 0 Å². The molecule has 2 fully saturated rings. The van der Waals surface area contributed by atoms with Gasteiger partial charge in [0.2, 0.25) is 0 Å². The summed E-state index contributed by atoms with van der Waals surface area (Å²) >= 11 is 0. The molecule has 1 atom stereocenters. The quantitative estimate of drug-likeness (QED) is 0.844. The molecule has 0 aromatic carbocycles. The summed E-state index contributed by atoms with van der Waals surface area (Å²) in [6.07, 6.45) is 7.22. The minimum absolute atomic E-state index is 0.0340. The van der Waals surface area contributed by atoms with Crippen molar-refractivity contribution in [2.24, 2.45) is 11.8 Å². The van der Waals surface area contributed by atoms with Crippen LogP contribution in [0.3, 0.4) is 0 Å². The molecule has 0 radical (unpaired) electrons. The number of hydrogen-bond donors (Lipinski definition) is 1. The number of nitrogens with zero attached hydrogens (tertiary/aromatic N) is 1. The summed E-state index contributed by atoms with van der Waals surface area (Å²) in [5.74, 6) is -0.988. The van der Waals surface area contributed by atoms with Gasteiger partial charge in [0.05, 0.1) is 0 Å². The first kappa shape index (κ1) is 16.0. The van der Waals surface area contributed by atoms with Gasteiger partial charge in [-0.3, -0.25) is 0 Å². The van der Waals surface area contributed by atoms with Gasteiger partial charge < -0.3 is 9.88 Å². The predicted octanol–water partition coefficient (Wildman–Crippen LogP) is 4.55. The molecule has 2 saturated carbocycles. The summed E-state index contributed by atoms with van der Waals surface area (Å²) in [6, 6.07) is 4.90. The maximum Gasteiger partial charge on any atom is 0.251 e. The van der Waals surface area contributed by atoms with E-state index in [2.05, 4.69) is 42.1 Å². The molecule has 124 valence electrons. The largest absolute Gasteiger partial charge is 0.349 e. The summed E-state index contributed by atoms with van der Waals surface area (Å²) in [5.41, 5.74) is 1.34. The maximum atomic E-state index is 12.8. The lowest BCUT2D eigenvalue weighted by Crippen LogP contribution is -2.49. The lowest BCUT2D eigenvalue weighted by atomic mass is 9.78. The normalized spacial score (nSPS) is 30.0. The Bertz CT molecular complexity index is 481. The molecule has 2 aliphatic rings. The third-order valence-electron chi connectivity index (χ3n) is 5.79. The molecule has 1 aromatic rings. The van der Waals surface area contributed by atoms with Gasteiger partial charge in [0.1, 0.15) is 0 Å². The smallest absolute Gasteiger partial charge is 0.251 e. The van der Waals surface area contributed by atoms with E-state index in [0.29, 0.717) is 12.0 Å². The molecule has 3 rings (SSSR count). The summed E-state index contributed by atoms with van der Waals surface area (Å²) < 4.78 is 28.0. The zero-order chi connectivity index (χ0) is 15.7. The van der Waals surface area contributed by atoms with Crippen LogP contribution in [0, 0.1) is 18.8 Å². The number of aryl methyl sites for hydroxylation is 1. The van der Waals surface area contributed by atoms with E-state index in [4.69, 9.17) is 0 Å². The first-order valence-corrected chi connectivity index (χ1v) is 8.69. The van der Waals surface area contributed by atoms with Crippen LogP contribution >= 0.6 is 0 Å². The van der Waals surface area contributed by atoms with Crippen molar-refractivity contribution in [3.63, 3.8) is 0 Å². The molecule has 0 spiro atoms. The van der Waals surface area contributed by atoms with Crippen LogP contribution in [0.25, 0.3) is 0 Å². The third-order valence-corrected chi connectivity index (χ3v) is 5.79. The van der Waals surface area contributed by atoms with E-state index in [1.165, 1.54) is 31.4 Å². The van der Waals surface area contributed by atoms with E-state index in [-0.39, 0.29) is 18.9 Å². The van der Waals surface area contributed by atoms with Crippen molar-refractivity contribution in [3.05, 3.63) is 24.0 Å². The highest BCUT2D eigenvalue weighted by Gasteiger charge is 2.45. The zero-order valence-corrected chi connectivity index (χ0v) is 13.7. The van der Waals surface area contributed by atoms with Gasteiger partial charge in [0.15, 0.2) is 0 Å². The van der Waals surface area contributed by atoms with Crippen LogP contribution in [0.15, 0.2) is 18.3 Å². The van der Waals surface area contributed by atoms with E-state index < -0.39 is 5.92 Å². The average molecular weight is 310 g/mol. The summed E-state index contributed by atoms with van der Waals surface area (Å²) in [7, 11) is 0. The van der Waals surface area contributed by atoms with Crippen LogP contribution < -0.4 is 5.32 Å². The second kappa shape index (κ2) is 6.31. The lowest BCUT2D eigenvalue weighted by molar-refractivity contribution is -0.0934. The predicted molar refractivity (Wildman–Crippen MR) is 85.3 cm³/mol. The van der Waals surface area contributed by atoms with Crippen LogP contribution in [0.1, 0.15) is 57.2 Å². The molecule has 1 aromatic heterocycles. The highest BCUT2D eigenvalue weighted by molar-refractivity contribution is 5.06. The highest BCUT2D eigenvalue weighted by Crippen LogP contribution is 2.39. The van der Waals surface area contributed by atoms with Crippen molar-refractivity contribution in [3.8, 4) is 0 Å². The Kier molecular flexibility index (Phi) is 4.58. The van der Waals surface area contributed by atoms with Gasteiger partial charge in [0.25, 0.3) is 5.92 Å². The molecule has 1 heterocycles. The van der Waals surface area contributed by atoms with Gasteiger partial charge in [-0.1, -0.05) is 0 Å². The molecule has 4 heteroatoms. The fraction of sp³-hybridized carbons (Fsp3) is 0.778. The molecule has 1 N–H and O–H groups in total. The van der Waals surface area contributed by atoms with Gasteiger partial charge in [-0.05, 0) is 70.0 Å². The van der Waals surface area contributed by atoms with Crippen molar-refractivity contribution >= 4 is 0 Å². The fourth-order valence-corrected chi connectivity index (χ4v) is 4.18. The lowest BCUT2D eigenvalue weighted by Gasteiger charge is -2.38. The van der Waals surface area contributed by atoms with E-state index in [0.717, 1.165) is 12.5 Å². The van der Waals surface area contributed by atoms with E-state index in [9.17, 15) is 8.78 Å². The Morgan fingerprint density at radius 1 is 1.27 bits per heavy atom. The minimum atomic E-state index is -2.40. The molecule has 0 unspecified atom stereocenters. The SMILES string of the molecule is Cc1cccn1[C@H](C)C1CCC(CNC2CC(F)(F)C2)CC1. The van der Waals surface area contributed by atoms with Gasteiger partial charge in [-0.25, -0.2) is 8.78 Å². The third kappa shape index (κ3) is 3.53. The first-order valence-electron chi connectivity index (χ1n) is 8.69. The van der Waals surface area contributed by atoms with Gasteiger partial charge in [0, 0.05) is 36.8 Å². The molecule has 2 nitrogen and oxygen atoms in total. The Balaban J connectivity index is 1.40. The second-order valence-corrected chi connectivity index (χ2v) is 7.45. The fourth-order valence-electron chi connectivity index (χ4n) is 4.18. The number of alkyl halides is 2. The number of nitrogens with one attached hydrogen (secondary N) is 1. The number of aromatic nitrogens is 1. The van der Waals surface area contributed by atoms with Crippen LogP contribution in [-0.2, 0) is 0 Å². The van der Waals surface area contributed by atoms with Crippen LogP contribution in [0.4, 0.5) is 8.78 Å². The molecule has 0 amide bonds. The van der Waals surface area contributed by atoms with E-state index in [1.54, 1.807) is 0 Å². The maximum absolute atomic E-state index is 12.8. The van der Waals surface area contributed by atoms with Crippen molar-refractivity contribution in [2.75, 3.05) is 6.54 Å². The Morgan fingerprint density at radius 2 is 1.95 bits per heavy atom. The molecular weight excluding hydrogens is 282 g/mol. The molecule has 0 saturated heterocycles. The number of rotatable bonds is 5. The Labute approximate surface area is 132 Å². The molecule has 0 bridgehead atoms. The van der Waals surface area contributed by atoms with Gasteiger partial charge in [-0.2, -0.15) is 0 Å². The van der Waals surface area contributed by atoms with Crippen LogP contribution in [0.2, 0.25) is 0 Å². The van der Waals surface area contributed by atoms with Crippen LogP contribution in [-0.4, -0.2) is 23.1 Å². The first-order chi connectivity index (χ1) is 10.4. The number of halogens is 2. The summed E-state index contributed by atoms with van der Waals surface area (Å²) in [5, 5.41) is 3.34. The van der Waals surface area contributed by atoms with E-state index >= 15 is 0 Å². The van der Waals surface area contributed by atoms with Crippen molar-refractivity contribution in [1.29, 1.82) is 0 Å². The van der Waals surface area contributed by atoms with Crippen molar-refractivity contribution in [2.45, 2.75) is 70.4 Å². The highest BCUT2D eigenvalue weighted by atomic mass is 19.3. The molecule has 0 aliphatic heterocycles. The monoisotopic (exact) mass is 310 g/mol. The van der Waals surface area contributed by atoms with E-state index in [1.807, 2.05) is 0 Å². The topological polar surface area (TPSA) is 17.0 Å². The second-order valence-electron chi connectivity index (χ2n) is 7.45. The Hall–Kier alpha value is -0.900. The Morgan fingerprint density at radius 3 is 2.50 bits per heavy atom. The molecule has 22 heavy (non-hydrogen) atoms. The minimum Gasteiger partial charge on any atom is -0.349 e. The zero-order valence-electron chi connectivity index (χ0n) is 13.7. The van der Waals surface area contributed by atoms with Crippen molar-refractivity contribution < 1.29 is 8.78 Å². The summed E-state index contributed by atoms with van der Waals surface area (Å²) in [4.78, 5) is 0. The van der Waals surface area contributed by atoms with Crippen molar-refractivity contribution in [1.82, 2.24) is 9.88 Å². The molecule has 2 aliphatic carbocycles. The van der Waals surface area contributed by atoms with Gasteiger partial charge in [-0.15, -0.1) is 0 Å². The summed E-state index contributed by atoms with van der Waals surface area (Å²) in [6.45, 7) is 5.41.